The van der Waals surface area contributed by atoms with Crippen molar-refractivity contribution in [2.75, 3.05) is 18.4 Å². The molecule has 0 bridgehead atoms. The minimum absolute atomic E-state index is 0.404. The zero-order chi connectivity index (χ0) is 19.1. The zero-order valence-corrected chi connectivity index (χ0v) is 20.2. The Hall–Kier alpha value is -0.550. The molecular formula is C17H21Br2IN4O2. The van der Waals surface area contributed by atoms with Crippen LogP contribution in [0.4, 0.5) is 10.7 Å². The first-order chi connectivity index (χ1) is 12.2. The lowest BCUT2D eigenvalue weighted by Gasteiger charge is -2.20. The third-order valence-corrected chi connectivity index (χ3v) is 7.99. The van der Waals surface area contributed by atoms with Crippen molar-refractivity contribution in [3.8, 4) is 0 Å². The molecule has 0 spiro atoms. The Kier molecular flexibility index (Phi) is 6.08. The van der Waals surface area contributed by atoms with E-state index >= 15 is 0 Å². The molecule has 1 aliphatic rings. The molecule has 1 aromatic carbocycles. The molecule has 0 unspecified atom stereocenters. The summed E-state index contributed by atoms with van der Waals surface area (Å²) >= 11 is 9.71. The van der Waals surface area contributed by atoms with Gasteiger partial charge in [0.2, 0.25) is 5.95 Å². The van der Waals surface area contributed by atoms with Gasteiger partial charge in [0.15, 0.2) is 0 Å². The fourth-order valence-corrected chi connectivity index (χ4v) is 5.02. The Morgan fingerprint density at radius 3 is 2.73 bits per heavy atom. The van der Waals surface area contributed by atoms with Crippen LogP contribution in [-0.2, 0) is 17.7 Å². The van der Waals surface area contributed by atoms with Crippen LogP contribution in [0.3, 0.4) is 0 Å². The highest BCUT2D eigenvalue weighted by molar-refractivity contribution is 14.1. The number of hydrogen-bond acceptors (Lipinski definition) is 4. The van der Waals surface area contributed by atoms with E-state index in [4.69, 9.17) is 9.72 Å². The first kappa shape index (κ1) is 20.2. The number of ether oxygens (including phenoxy) is 1. The van der Waals surface area contributed by atoms with Crippen molar-refractivity contribution in [2.45, 2.75) is 45.8 Å². The summed E-state index contributed by atoms with van der Waals surface area (Å²) in [7, 11) is 0. The Morgan fingerprint density at radius 2 is 2.04 bits per heavy atom. The van der Waals surface area contributed by atoms with Gasteiger partial charge in [0.25, 0.3) is 0 Å². The molecule has 0 aliphatic carbocycles. The van der Waals surface area contributed by atoms with Gasteiger partial charge >= 0.3 is 6.09 Å². The second kappa shape index (κ2) is 7.83. The fourth-order valence-electron chi connectivity index (χ4n) is 3.00. The number of nitrogens with one attached hydrogen (secondary N) is 2. The monoisotopic (exact) mass is 598 g/mol. The number of anilines is 1. The number of imidazole rings is 1. The van der Waals surface area contributed by atoms with Gasteiger partial charge in [0, 0.05) is 28.6 Å². The molecule has 0 fully saturated rings. The molecule has 142 valence electrons. The quantitative estimate of drug-likeness (QED) is 0.293. The predicted octanol–water partition coefficient (Wildman–Crippen LogP) is 5.05. The van der Waals surface area contributed by atoms with Crippen molar-refractivity contribution in [2.24, 2.45) is 0 Å². The first-order valence-corrected chi connectivity index (χ1v) is 11.1. The summed E-state index contributed by atoms with van der Waals surface area (Å²) in [6.45, 7) is 7.53. The smallest absolute Gasteiger partial charge is 0.407 e. The van der Waals surface area contributed by atoms with Crippen LogP contribution in [0.25, 0.3) is 11.0 Å². The van der Waals surface area contributed by atoms with Crippen LogP contribution in [0.15, 0.2) is 8.95 Å². The highest BCUT2D eigenvalue weighted by Gasteiger charge is 2.24. The Labute approximate surface area is 183 Å². The van der Waals surface area contributed by atoms with E-state index < -0.39 is 11.7 Å². The van der Waals surface area contributed by atoms with Gasteiger partial charge in [-0.1, -0.05) is 0 Å². The summed E-state index contributed by atoms with van der Waals surface area (Å²) in [5.41, 5.74) is 3.01. The minimum atomic E-state index is -0.490. The number of aryl methyl sites for hydroxylation is 2. The lowest BCUT2D eigenvalue weighted by atomic mass is 10.0. The maximum Gasteiger partial charge on any atom is 0.407 e. The molecule has 1 aromatic heterocycles. The third kappa shape index (κ3) is 4.14. The molecule has 0 radical (unpaired) electrons. The Bertz CT molecular complexity index is 861. The van der Waals surface area contributed by atoms with E-state index in [0.29, 0.717) is 13.1 Å². The number of halogens is 3. The summed E-state index contributed by atoms with van der Waals surface area (Å²) in [6, 6.07) is 0. The molecule has 1 amide bonds. The topological polar surface area (TPSA) is 68.2 Å². The molecule has 2 N–H and O–H groups in total. The molecule has 6 nitrogen and oxygen atoms in total. The summed E-state index contributed by atoms with van der Waals surface area (Å²) in [5.74, 6) is 0.842. The number of rotatable bonds is 4. The van der Waals surface area contributed by atoms with E-state index in [-0.39, 0.29) is 0 Å². The number of aromatic nitrogens is 2. The highest BCUT2D eigenvalue weighted by Crippen LogP contribution is 2.41. The molecule has 3 rings (SSSR count). The average Bonchev–Trinajstić information content (AvgIpc) is 2.93. The molecule has 9 heteroatoms. The lowest BCUT2D eigenvalue weighted by Crippen LogP contribution is -2.35. The van der Waals surface area contributed by atoms with E-state index in [2.05, 4.69) is 69.7 Å². The van der Waals surface area contributed by atoms with E-state index in [1.807, 2.05) is 20.8 Å². The van der Waals surface area contributed by atoms with Crippen LogP contribution in [0.5, 0.6) is 0 Å². The normalized spacial score (nSPS) is 13.8. The van der Waals surface area contributed by atoms with Crippen LogP contribution >= 0.6 is 54.5 Å². The van der Waals surface area contributed by atoms with Crippen molar-refractivity contribution in [1.29, 1.82) is 0 Å². The fraction of sp³-hybridized carbons (Fsp3) is 0.529. The van der Waals surface area contributed by atoms with Crippen LogP contribution < -0.4 is 10.6 Å². The Balaban J connectivity index is 1.73. The molecule has 0 atom stereocenters. The summed E-state index contributed by atoms with van der Waals surface area (Å²) in [5, 5.41) is 6.11. The van der Waals surface area contributed by atoms with Crippen LogP contribution in [0, 0.1) is 3.57 Å². The number of carbonyl (C=O) groups is 1. The van der Waals surface area contributed by atoms with Crippen molar-refractivity contribution in [3.05, 3.63) is 18.1 Å². The van der Waals surface area contributed by atoms with Gasteiger partial charge in [-0.2, -0.15) is 0 Å². The number of amides is 1. The van der Waals surface area contributed by atoms with E-state index in [9.17, 15) is 4.79 Å². The van der Waals surface area contributed by atoms with Crippen molar-refractivity contribution < 1.29 is 9.53 Å². The minimum Gasteiger partial charge on any atom is -0.444 e. The van der Waals surface area contributed by atoms with Crippen molar-refractivity contribution in [3.63, 3.8) is 0 Å². The van der Waals surface area contributed by atoms with Crippen LogP contribution in [0.1, 0.15) is 32.8 Å². The van der Waals surface area contributed by atoms with Crippen LogP contribution in [0.2, 0.25) is 0 Å². The maximum absolute atomic E-state index is 11.7. The second-order valence-corrected chi connectivity index (χ2v) is 9.83. The van der Waals surface area contributed by atoms with Gasteiger partial charge in [0.05, 0.1) is 9.09 Å². The van der Waals surface area contributed by atoms with Gasteiger partial charge in [-0.25, -0.2) is 9.78 Å². The average molecular weight is 600 g/mol. The van der Waals surface area contributed by atoms with Crippen LogP contribution in [-0.4, -0.2) is 34.3 Å². The molecule has 2 heterocycles. The van der Waals surface area contributed by atoms with Gasteiger partial charge in [-0.3, -0.25) is 0 Å². The Morgan fingerprint density at radius 1 is 1.31 bits per heavy atom. The maximum atomic E-state index is 11.7. The lowest BCUT2D eigenvalue weighted by molar-refractivity contribution is 0.0530. The van der Waals surface area contributed by atoms with E-state index in [1.54, 1.807) is 0 Å². The van der Waals surface area contributed by atoms with E-state index in [0.717, 1.165) is 43.4 Å². The standard InChI is InChI=1S/C17H21Br2IN4O2/c1-17(2,3)26-16(25)22-7-6-21-15-23-13-12(20)11(19)10(18)9-5-4-8-24(15)14(9)13/h4-8H2,1-3H3,(H,21,23)(H,22,25). The van der Waals surface area contributed by atoms with Gasteiger partial charge in [-0.05, 0) is 93.6 Å². The van der Waals surface area contributed by atoms with Crippen molar-refractivity contribution >= 4 is 77.5 Å². The van der Waals surface area contributed by atoms with Gasteiger partial charge < -0.3 is 19.9 Å². The summed E-state index contributed by atoms with van der Waals surface area (Å²) < 4.78 is 10.8. The van der Waals surface area contributed by atoms with Crippen molar-refractivity contribution in [1.82, 2.24) is 14.9 Å². The highest BCUT2D eigenvalue weighted by atomic mass is 127. The number of alkyl carbamates (subject to hydrolysis) is 1. The SMILES string of the molecule is CC(C)(C)OC(=O)NCCNc1nc2c(I)c(Br)c(Br)c3c2n1CCC3. The molecule has 26 heavy (non-hydrogen) atoms. The number of carbonyl (C=O) groups excluding carboxylic acids is 1. The second-order valence-electron chi connectivity index (χ2n) is 7.16. The zero-order valence-electron chi connectivity index (χ0n) is 14.9. The van der Waals surface area contributed by atoms with Gasteiger partial charge in [0.1, 0.15) is 11.1 Å². The van der Waals surface area contributed by atoms with Gasteiger partial charge in [-0.15, -0.1) is 0 Å². The summed E-state index contributed by atoms with van der Waals surface area (Å²) in [6.07, 6.45) is 1.71. The summed E-state index contributed by atoms with van der Waals surface area (Å²) in [4.78, 5) is 16.5. The molecule has 1 aliphatic heterocycles. The first-order valence-electron chi connectivity index (χ1n) is 8.45. The number of hydrogen-bond donors (Lipinski definition) is 2. The predicted molar refractivity (Wildman–Crippen MR) is 119 cm³/mol. The van der Waals surface area contributed by atoms with E-state index in [1.165, 1.54) is 11.1 Å². The molecular weight excluding hydrogens is 579 g/mol. The molecule has 0 saturated heterocycles. The molecule has 0 saturated carbocycles. The largest absolute Gasteiger partial charge is 0.444 e. The molecule has 2 aromatic rings. The third-order valence-electron chi connectivity index (χ3n) is 4.00. The number of benzene rings is 1. The number of nitrogens with zero attached hydrogens (tertiary/aromatic N) is 2.